The third-order valence-electron chi connectivity index (χ3n) is 2.79. The Balaban J connectivity index is 2.17. The second kappa shape index (κ2) is 7.27. The van der Waals surface area contributed by atoms with E-state index in [1.165, 1.54) is 12.1 Å². The van der Waals surface area contributed by atoms with Gasteiger partial charge in [-0.1, -0.05) is 24.6 Å². The normalized spacial score (nSPS) is 10.6. The fraction of sp³-hybridized carbons (Fsp3) is 0.250. The van der Waals surface area contributed by atoms with Crippen molar-refractivity contribution >= 4 is 11.6 Å². The Morgan fingerprint density at radius 2 is 2.05 bits per heavy atom. The summed E-state index contributed by atoms with van der Waals surface area (Å²) in [4.78, 5) is 0. The molecule has 0 aliphatic carbocycles. The maximum Gasteiger partial charge on any atom is 0.132 e. The molecule has 0 aliphatic rings. The molecule has 0 aliphatic heterocycles. The van der Waals surface area contributed by atoms with Gasteiger partial charge in [0.25, 0.3) is 0 Å². The SMILES string of the molecule is CCCNCc1cc(F)ccc1Oc1cccc(Cl)c1. The van der Waals surface area contributed by atoms with Gasteiger partial charge in [0.1, 0.15) is 17.3 Å². The van der Waals surface area contributed by atoms with E-state index < -0.39 is 0 Å². The van der Waals surface area contributed by atoms with Crippen LogP contribution >= 0.6 is 11.6 Å². The molecule has 2 aromatic carbocycles. The zero-order valence-corrected chi connectivity index (χ0v) is 12.1. The molecule has 0 saturated heterocycles. The minimum absolute atomic E-state index is 0.267. The molecule has 2 aromatic rings. The van der Waals surface area contributed by atoms with Gasteiger partial charge in [-0.05, 0) is 49.4 Å². The van der Waals surface area contributed by atoms with Crippen LogP contribution < -0.4 is 10.1 Å². The lowest BCUT2D eigenvalue weighted by Gasteiger charge is -2.12. The highest BCUT2D eigenvalue weighted by atomic mass is 35.5. The van der Waals surface area contributed by atoms with Crippen molar-refractivity contribution in [2.75, 3.05) is 6.54 Å². The zero-order chi connectivity index (χ0) is 14.4. The monoisotopic (exact) mass is 293 g/mol. The van der Waals surface area contributed by atoms with Crippen LogP contribution in [0.25, 0.3) is 0 Å². The van der Waals surface area contributed by atoms with Gasteiger partial charge in [0.05, 0.1) is 0 Å². The summed E-state index contributed by atoms with van der Waals surface area (Å²) in [6.07, 6.45) is 1.03. The van der Waals surface area contributed by atoms with Crippen molar-refractivity contribution in [1.82, 2.24) is 5.32 Å². The Morgan fingerprint density at radius 1 is 1.20 bits per heavy atom. The number of rotatable bonds is 6. The van der Waals surface area contributed by atoms with Gasteiger partial charge in [0.2, 0.25) is 0 Å². The smallest absolute Gasteiger partial charge is 0.132 e. The molecular formula is C16H17ClFNO. The van der Waals surface area contributed by atoms with E-state index in [9.17, 15) is 4.39 Å². The van der Waals surface area contributed by atoms with E-state index in [4.69, 9.17) is 16.3 Å². The summed E-state index contributed by atoms with van der Waals surface area (Å²) in [5, 5.41) is 3.85. The number of halogens is 2. The molecule has 2 nitrogen and oxygen atoms in total. The summed E-state index contributed by atoms with van der Waals surface area (Å²) >= 11 is 5.93. The first-order valence-corrected chi connectivity index (χ1v) is 6.99. The van der Waals surface area contributed by atoms with Crippen LogP contribution in [0.15, 0.2) is 42.5 Å². The molecule has 0 heterocycles. The molecule has 0 bridgehead atoms. The molecule has 0 amide bonds. The first-order valence-electron chi connectivity index (χ1n) is 6.61. The molecule has 0 unspecified atom stereocenters. The number of ether oxygens (including phenoxy) is 1. The van der Waals surface area contributed by atoms with E-state index in [1.54, 1.807) is 18.2 Å². The van der Waals surface area contributed by atoms with E-state index in [0.717, 1.165) is 18.5 Å². The van der Waals surface area contributed by atoms with Crippen LogP contribution in [0.3, 0.4) is 0 Å². The number of benzene rings is 2. The second-order valence-electron chi connectivity index (χ2n) is 4.49. The van der Waals surface area contributed by atoms with Crippen molar-refractivity contribution in [3.05, 3.63) is 58.9 Å². The fourth-order valence-corrected chi connectivity index (χ4v) is 2.02. The standard InChI is InChI=1S/C16H17ClFNO/c1-2-8-19-11-12-9-14(18)6-7-16(12)20-15-5-3-4-13(17)10-15/h3-7,9-10,19H,2,8,11H2,1H3. The average molecular weight is 294 g/mol. The van der Waals surface area contributed by atoms with Crippen LogP contribution in [-0.4, -0.2) is 6.54 Å². The highest BCUT2D eigenvalue weighted by molar-refractivity contribution is 6.30. The number of hydrogen-bond donors (Lipinski definition) is 1. The topological polar surface area (TPSA) is 21.3 Å². The lowest BCUT2D eigenvalue weighted by molar-refractivity contribution is 0.470. The summed E-state index contributed by atoms with van der Waals surface area (Å²) in [5.74, 6) is 1.01. The predicted molar refractivity (Wildman–Crippen MR) is 79.9 cm³/mol. The summed E-state index contributed by atoms with van der Waals surface area (Å²) in [6, 6.07) is 11.7. The molecule has 0 aromatic heterocycles. The van der Waals surface area contributed by atoms with Gasteiger partial charge in [0.15, 0.2) is 0 Å². The second-order valence-corrected chi connectivity index (χ2v) is 4.92. The first kappa shape index (κ1) is 14.8. The van der Waals surface area contributed by atoms with Gasteiger partial charge >= 0.3 is 0 Å². The van der Waals surface area contributed by atoms with Crippen molar-refractivity contribution in [3.63, 3.8) is 0 Å². The maximum atomic E-state index is 13.4. The summed E-state index contributed by atoms with van der Waals surface area (Å²) in [5.41, 5.74) is 0.790. The molecule has 2 rings (SSSR count). The molecule has 0 atom stereocenters. The van der Waals surface area contributed by atoms with E-state index in [1.807, 2.05) is 12.1 Å². The predicted octanol–water partition coefficient (Wildman–Crippen LogP) is 4.77. The Bertz CT molecular complexity index is 574. The van der Waals surface area contributed by atoms with E-state index in [-0.39, 0.29) is 5.82 Å². The summed E-state index contributed by atoms with van der Waals surface area (Å²) < 4.78 is 19.1. The van der Waals surface area contributed by atoms with Crippen LogP contribution in [0.4, 0.5) is 4.39 Å². The Labute approximate surface area is 123 Å². The highest BCUT2D eigenvalue weighted by Gasteiger charge is 2.07. The molecule has 0 radical (unpaired) electrons. The quantitative estimate of drug-likeness (QED) is 0.775. The number of nitrogens with one attached hydrogen (secondary N) is 1. The molecule has 0 saturated carbocycles. The molecule has 0 fully saturated rings. The van der Waals surface area contributed by atoms with Crippen LogP contribution in [0, 0.1) is 5.82 Å². The van der Waals surface area contributed by atoms with Gasteiger partial charge in [-0.3, -0.25) is 0 Å². The minimum Gasteiger partial charge on any atom is -0.457 e. The summed E-state index contributed by atoms with van der Waals surface area (Å²) in [7, 11) is 0. The van der Waals surface area contributed by atoms with Crippen LogP contribution in [0.5, 0.6) is 11.5 Å². The lowest BCUT2D eigenvalue weighted by Crippen LogP contribution is -2.14. The molecule has 106 valence electrons. The van der Waals surface area contributed by atoms with Crippen molar-refractivity contribution < 1.29 is 9.13 Å². The van der Waals surface area contributed by atoms with Crippen molar-refractivity contribution in [1.29, 1.82) is 0 Å². The summed E-state index contributed by atoms with van der Waals surface area (Å²) in [6.45, 7) is 3.54. The number of hydrogen-bond acceptors (Lipinski definition) is 2. The Hall–Kier alpha value is -1.58. The molecule has 1 N–H and O–H groups in total. The van der Waals surface area contributed by atoms with Crippen LogP contribution in [-0.2, 0) is 6.54 Å². The highest BCUT2D eigenvalue weighted by Crippen LogP contribution is 2.27. The third kappa shape index (κ3) is 4.22. The Kier molecular flexibility index (Phi) is 5.39. The van der Waals surface area contributed by atoms with E-state index in [0.29, 0.717) is 23.1 Å². The molecule has 20 heavy (non-hydrogen) atoms. The van der Waals surface area contributed by atoms with E-state index >= 15 is 0 Å². The van der Waals surface area contributed by atoms with Gasteiger partial charge in [-0.2, -0.15) is 0 Å². The van der Waals surface area contributed by atoms with E-state index in [2.05, 4.69) is 12.2 Å². The van der Waals surface area contributed by atoms with Gasteiger partial charge < -0.3 is 10.1 Å². The molecule has 4 heteroatoms. The maximum absolute atomic E-state index is 13.4. The van der Waals surface area contributed by atoms with Gasteiger partial charge in [-0.15, -0.1) is 0 Å². The van der Waals surface area contributed by atoms with Crippen molar-refractivity contribution in [3.8, 4) is 11.5 Å². The van der Waals surface area contributed by atoms with Gasteiger partial charge in [-0.25, -0.2) is 4.39 Å². The average Bonchev–Trinajstić information content (AvgIpc) is 2.42. The largest absolute Gasteiger partial charge is 0.457 e. The van der Waals surface area contributed by atoms with Crippen molar-refractivity contribution in [2.24, 2.45) is 0 Å². The first-order chi connectivity index (χ1) is 9.69. The third-order valence-corrected chi connectivity index (χ3v) is 3.02. The fourth-order valence-electron chi connectivity index (χ4n) is 1.84. The molecule has 0 spiro atoms. The minimum atomic E-state index is -0.267. The zero-order valence-electron chi connectivity index (χ0n) is 11.3. The van der Waals surface area contributed by atoms with Crippen LogP contribution in [0.2, 0.25) is 5.02 Å². The van der Waals surface area contributed by atoms with Gasteiger partial charge in [0, 0.05) is 17.1 Å². The van der Waals surface area contributed by atoms with Crippen molar-refractivity contribution in [2.45, 2.75) is 19.9 Å². The molecular weight excluding hydrogens is 277 g/mol. The van der Waals surface area contributed by atoms with Crippen LogP contribution in [0.1, 0.15) is 18.9 Å². The lowest BCUT2D eigenvalue weighted by atomic mass is 10.2. The Morgan fingerprint density at radius 3 is 2.80 bits per heavy atom.